The summed E-state index contributed by atoms with van der Waals surface area (Å²) in [5, 5.41) is 1.38. The summed E-state index contributed by atoms with van der Waals surface area (Å²) in [6.07, 6.45) is 3.45. The van der Waals surface area contributed by atoms with E-state index < -0.39 is 5.63 Å². The fourth-order valence-corrected chi connectivity index (χ4v) is 2.98. The third-order valence-electron chi connectivity index (χ3n) is 4.26. The van der Waals surface area contributed by atoms with E-state index in [9.17, 15) is 9.59 Å². The summed E-state index contributed by atoms with van der Waals surface area (Å²) < 4.78 is 11.1. The van der Waals surface area contributed by atoms with E-state index >= 15 is 0 Å². The summed E-state index contributed by atoms with van der Waals surface area (Å²) in [5.74, 6) is 0.430. The van der Waals surface area contributed by atoms with Gasteiger partial charge in [0.2, 0.25) is 0 Å². The molecule has 2 heterocycles. The molecule has 128 valence electrons. The van der Waals surface area contributed by atoms with Crippen molar-refractivity contribution in [3.05, 3.63) is 91.6 Å². The Bertz CT molecular complexity index is 1290. The van der Waals surface area contributed by atoms with E-state index in [-0.39, 0.29) is 5.43 Å². The predicted octanol–water partition coefficient (Wildman–Crippen LogP) is 4.69. The number of aryl methyl sites for hydroxylation is 2. The topological polar surface area (TPSA) is 60.4 Å². The maximum atomic E-state index is 12.3. The van der Waals surface area contributed by atoms with Gasteiger partial charge in [-0.25, -0.2) is 4.79 Å². The first-order chi connectivity index (χ1) is 12.5. The quantitative estimate of drug-likeness (QED) is 0.495. The molecule has 0 atom stereocenters. The molecule has 2 aromatic carbocycles. The van der Waals surface area contributed by atoms with Crippen LogP contribution in [0.5, 0.6) is 0 Å². The van der Waals surface area contributed by atoms with Gasteiger partial charge in [-0.05, 0) is 49.2 Å². The maximum absolute atomic E-state index is 12.3. The fraction of sp³-hybridized carbons (Fsp3) is 0.0909. The molecule has 4 nitrogen and oxygen atoms in total. The predicted molar refractivity (Wildman–Crippen MR) is 103 cm³/mol. The average Bonchev–Trinajstić information content (AvgIpc) is 2.60. The Morgan fingerprint density at radius 3 is 2.35 bits per heavy atom. The van der Waals surface area contributed by atoms with Gasteiger partial charge >= 0.3 is 5.63 Å². The van der Waals surface area contributed by atoms with Gasteiger partial charge in [-0.15, -0.1) is 0 Å². The molecule has 0 aliphatic rings. The lowest BCUT2D eigenvalue weighted by atomic mass is 10.1. The molecule has 4 rings (SSSR count). The van der Waals surface area contributed by atoms with Gasteiger partial charge in [-0.2, -0.15) is 0 Å². The first-order valence-corrected chi connectivity index (χ1v) is 8.27. The molecule has 0 radical (unpaired) electrons. The van der Waals surface area contributed by atoms with Crippen molar-refractivity contribution in [2.75, 3.05) is 0 Å². The van der Waals surface area contributed by atoms with Gasteiger partial charge in [0, 0.05) is 17.5 Å². The van der Waals surface area contributed by atoms with Crippen LogP contribution in [0.2, 0.25) is 0 Å². The average molecular weight is 344 g/mol. The van der Waals surface area contributed by atoms with E-state index in [4.69, 9.17) is 8.83 Å². The third-order valence-corrected chi connectivity index (χ3v) is 4.26. The van der Waals surface area contributed by atoms with Gasteiger partial charge in [0.1, 0.15) is 16.9 Å². The molecule has 0 spiro atoms. The molecule has 0 N–H and O–H groups in total. The number of fused-ring (bicyclic) bond motifs is 2. The monoisotopic (exact) mass is 344 g/mol. The first-order valence-electron chi connectivity index (χ1n) is 8.27. The lowest BCUT2D eigenvalue weighted by molar-refractivity contribution is 0.560. The van der Waals surface area contributed by atoms with Crippen molar-refractivity contribution in [2.45, 2.75) is 13.8 Å². The number of benzene rings is 2. The number of hydrogen-bond acceptors (Lipinski definition) is 4. The highest BCUT2D eigenvalue weighted by atomic mass is 16.4. The second kappa shape index (κ2) is 6.15. The van der Waals surface area contributed by atoms with E-state index in [2.05, 4.69) is 0 Å². The molecule has 0 aliphatic heterocycles. The standard InChI is InChI=1S/C22H16O4/c1-13-4-8-20-18(9-13)19(23)12-16(25-20)6-5-15-11-22(24)26-21-10-14(2)3-7-17(15)21/h3-12H,1-2H3/b6-5+. The number of rotatable bonds is 2. The van der Waals surface area contributed by atoms with Crippen molar-refractivity contribution in [1.29, 1.82) is 0 Å². The van der Waals surface area contributed by atoms with Gasteiger partial charge in [0.25, 0.3) is 0 Å². The minimum atomic E-state index is -0.418. The molecule has 0 aliphatic carbocycles. The molecule has 26 heavy (non-hydrogen) atoms. The smallest absolute Gasteiger partial charge is 0.336 e. The highest BCUT2D eigenvalue weighted by Gasteiger charge is 2.06. The maximum Gasteiger partial charge on any atom is 0.336 e. The van der Waals surface area contributed by atoms with Crippen LogP contribution >= 0.6 is 0 Å². The van der Waals surface area contributed by atoms with Crippen molar-refractivity contribution >= 4 is 34.1 Å². The zero-order valence-corrected chi connectivity index (χ0v) is 14.4. The Labute approximate surface area is 149 Å². The van der Waals surface area contributed by atoms with Gasteiger partial charge in [-0.3, -0.25) is 4.79 Å². The molecule has 0 saturated heterocycles. The second-order valence-corrected chi connectivity index (χ2v) is 6.37. The van der Waals surface area contributed by atoms with E-state index in [1.54, 1.807) is 18.2 Å². The molecule has 0 unspecified atom stereocenters. The van der Waals surface area contributed by atoms with E-state index in [0.717, 1.165) is 16.5 Å². The summed E-state index contributed by atoms with van der Waals surface area (Å²) in [6.45, 7) is 3.87. The summed E-state index contributed by atoms with van der Waals surface area (Å²) in [7, 11) is 0. The summed E-state index contributed by atoms with van der Waals surface area (Å²) in [5.41, 5.74) is 3.29. The molecular formula is C22H16O4. The zero-order chi connectivity index (χ0) is 18.3. The van der Waals surface area contributed by atoms with Crippen molar-refractivity contribution in [3.8, 4) is 0 Å². The zero-order valence-electron chi connectivity index (χ0n) is 14.4. The highest BCUT2D eigenvalue weighted by Crippen LogP contribution is 2.21. The number of hydrogen-bond donors (Lipinski definition) is 0. The summed E-state index contributed by atoms with van der Waals surface area (Å²) in [6, 6.07) is 14.1. The Hall–Kier alpha value is -3.40. The van der Waals surface area contributed by atoms with Crippen molar-refractivity contribution in [1.82, 2.24) is 0 Å². The molecule has 4 aromatic rings. The van der Waals surface area contributed by atoms with Gasteiger partial charge in [-0.1, -0.05) is 29.8 Å². The van der Waals surface area contributed by atoms with Crippen LogP contribution in [0, 0.1) is 13.8 Å². The van der Waals surface area contributed by atoms with Crippen molar-refractivity contribution in [2.24, 2.45) is 0 Å². The van der Waals surface area contributed by atoms with Crippen LogP contribution in [0.4, 0.5) is 0 Å². The largest absolute Gasteiger partial charge is 0.456 e. The van der Waals surface area contributed by atoms with Crippen molar-refractivity contribution in [3.63, 3.8) is 0 Å². The van der Waals surface area contributed by atoms with Crippen LogP contribution in [-0.2, 0) is 0 Å². The lowest BCUT2D eigenvalue weighted by Gasteiger charge is -2.03. The van der Waals surface area contributed by atoms with Crippen molar-refractivity contribution < 1.29 is 8.83 Å². The fourth-order valence-electron chi connectivity index (χ4n) is 2.98. The molecule has 0 saturated carbocycles. The second-order valence-electron chi connectivity index (χ2n) is 6.37. The molecule has 0 fully saturated rings. The van der Waals surface area contributed by atoms with Crippen LogP contribution in [-0.4, -0.2) is 0 Å². The normalized spacial score (nSPS) is 11.6. The third kappa shape index (κ3) is 2.97. The Morgan fingerprint density at radius 2 is 1.50 bits per heavy atom. The molecule has 0 bridgehead atoms. The van der Waals surface area contributed by atoms with E-state index in [0.29, 0.717) is 27.9 Å². The molecule has 2 aromatic heterocycles. The lowest BCUT2D eigenvalue weighted by Crippen LogP contribution is -2.00. The molecular weight excluding hydrogens is 328 g/mol. The van der Waals surface area contributed by atoms with Gasteiger partial charge in [0.15, 0.2) is 5.43 Å². The van der Waals surface area contributed by atoms with Crippen LogP contribution in [0.15, 0.2) is 67.0 Å². The van der Waals surface area contributed by atoms with Crippen LogP contribution < -0.4 is 11.1 Å². The van der Waals surface area contributed by atoms with Crippen LogP contribution in [0.25, 0.3) is 34.1 Å². The summed E-state index contributed by atoms with van der Waals surface area (Å²) in [4.78, 5) is 24.1. The summed E-state index contributed by atoms with van der Waals surface area (Å²) >= 11 is 0. The molecule has 4 heteroatoms. The molecule has 0 amide bonds. The Kier molecular flexibility index (Phi) is 3.81. The van der Waals surface area contributed by atoms with Crippen LogP contribution in [0.3, 0.4) is 0 Å². The minimum Gasteiger partial charge on any atom is -0.456 e. The Balaban J connectivity index is 1.83. The van der Waals surface area contributed by atoms with Crippen LogP contribution in [0.1, 0.15) is 22.5 Å². The highest BCUT2D eigenvalue weighted by molar-refractivity contribution is 5.89. The van der Waals surface area contributed by atoms with Gasteiger partial charge < -0.3 is 8.83 Å². The van der Waals surface area contributed by atoms with E-state index in [1.165, 1.54) is 12.1 Å². The SMILES string of the molecule is Cc1ccc2c(/C=C/c3cc(=O)c4cc(C)ccc4o3)cc(=O)oc2c1. The van der Waals surface area contributed by atoms with E-state index in [1.807, 2.05) is 44.2 Å². The minimum absolute atomic E-state index is 0.0948. The first kappa shape index (κ1) is 16.1. The van der Waals surface area contributed by atoms with Gasteiger partial charge in [0.05, 0.1) is 5.39 Å². The Morgan fingerprint density at radius 1 is 0.731 bits per heavy atom.